The van der Waals surface area contributed by atoms with Crippen molar-refractivity contribution in [2.24, 2.45) is 0 Å². The van der Waals surface area contributed by atoms with Crippen LogP contribution in [0.3, 0.4) is 0 Å². The SMILES string of the molecule is Cc1ccc(S(=O)(=O)O[C@@H]2[C@@H](O)[C@@H]([C@H](O)CO)O[C@H]2O)cc1. The van der Waals surface area contributed by atoms with Gasteiger partial charge in [0.15, 0.2) is 12.4 Å². The van der Waals surface area contributed by atoms with Gasteiger partial charge in [0, 0.05) is 0 Å². The van der Waals surface area contributed by atoms with E-state index in [9.17, 15) is 23.7 Å². The molecule has 1 aromatic rings. The Labute approximate surface area is 127 Å². The third kappa shape index (κ3) is 3.46. The van der Waals surface area contributed by atoms with Crippen molar-refractivity contribution in [3.05, 3.63) is 29.8 Å². The van der Waals surface area contributed by atoms with Crippen molar-refractivity contribution in [3.8, 4) is 0 Å². The molecule has 1 saturated heterocycles. The van der Waals surface area contributed by atoms with E-state index in [1.807, 2.05) is 0 Å². The topological polar surface area (TPSA) is 134 Å². The predicted octanol–water partition coefficient (Wildman–Crippen LogP) is -1.50. The van der Waals surface area contributed by atoms with Gasteiger partial charge in [-0.25, -0.2) is 0 Å². The molecule has 0 aliphatic carbocycles. The normalized spacial score (nSPS) is 30.4. The van der Waals surface area contributed by atoms with Gasteiger partial charge in [-0.3, -0.25) is 4.18 Å². The van der Waals surface area contributed by atoms with E-state index in [2.05, 4.69) is 0 Å². The molecule has 1 aromatic carbocycles. The molecule has 4 N–H and O–H groups in total. The van der Waals surface area contributed by atoms with Crippen LogP contribution in [0, 0.1) is 6.92 Å². The van der Waals surface area contributed by atoms with E-state index in [0.29, 0.717) is 0 Å². The minimum Gasteiger partial charge on any atom is -0.394 e. The fraction of sp³-hybridized carbons (Fsp3) is 0.538. The van der Waals surface area contributed by atoms with Crippen molar-refractivity contribution >= 4 is 10.1 Å². The van der Waals surface area contributed by atoms with Crippen LogP contribution in [-0.2, 0) is 19.0 Å². The first-order chi connectivity index (χ1) is 10.3. The molecule has 1 fully saturated rings. The molecular formula is C13H18O8S. The van der Waals surface area contributed by atoms with E-state index in [-0.39, 0.29) is 4.90 Å². The van der Waals surface area contributed by atoms with Crippen molar-refractivity contribution in [2.45, 2.75) is 42.5 Å². The maximum Gasteiger partial charge on any atom is 0.297 e. The van der Waals surface area contributed by atoms with Crippen molar-refractivity contribution in [2.75, 3.05) is 6.61 Å². The van der Waals surface area contributed by atoms with Crippen LogP contribution in [0.5, 0.6) is 0 Å². The molecule has 5 atom stereocenters. The number of aryl methyl sites for hydroxylation is 1. The number of benzene rings is 1. The molecule has 8 nitrogen and oxygen atoms in total. The average Bonchev–Trinajstić information content (AvgIpc) is 2.74. The molecule has 0 bridgehead atoms. The molecule has 9 heteroatoms. The molecule has 1 heterocycles. The molecule has 2 rings (SSSR count). The minimum atomic E-state index is -4.23. The zero-order chi connectivity index (χ0) is 16.5. The Bertz CT molecular complexity index is 599. The van der Waals surface area contributed by atoms with Gasteiger partial charge < -0.3 is 25.2 Å². The van der Waals surface area contributed by atoms with Gasteiger partial charge in [-0.1, -0.05) is 17.7 Å². The Balaban J connectivity index is 2.17. The zero-order valence-electron chi connectivity index (χ0n) is 11.7. The summed E-state index contributed by atoms with van der Waals surface area (Å²) < 4.78 is 33.9. The third-order valence-electron chi connectivity index (χ3n) is 3.36. The van der Waals surface area contributed by atoms with Gasteiger partial charge >= 0.3 is 0 Å². The molecule has 1 aliphatic rings. The van der Waals surface area contributed by atoms with Gasteiger partial charge in [-0.05, 0) is 19.1 Å². The van der Waals surface area contributed by atoms with Crippen LogP contribution in [0.2, 0.25) is 0 Å². The van der Waals surface area contributed by atoms with E-state index < -0.39 is 47.4 Å². The van der Waals surface area contributed by atoms with Crippen LogP contribution in [-0.4, -0.2) is 66.2 Å². The lowest BCUT2D eigenvalue weighted by Crippen LogP contribution is -2.42. The lowest BCUT2D eigenvalue weighted by molar-refractivity contribution is -0.147. The van der Waals surface area contributed by atoms with Gasteiger partial charge in [0.05, 0.1) is 11.5 Å². The number of ether oxygens (including phenoxy) is 1. The van der Waals surface area contributed by atoms with E-state index in [0.717, 1.165) is 5.56 Å². The number of aliphatic hydroxyl groups excluding tert-OH is 4. The molecule has 0 radical (unpaired) electrons. The first-order valence-corrected chi connectivity index (χ1v) is 7.97. The molecular weight excluding hydrogens is 316 g/mol. The molecule has 0 amide bonds. The fourth-order valence-corrected chi connectivity index (χ4v) is 3.19. The molecule has 1 aliphatic heterocycles. The summed E-state index contributed by atoms with van der Waals surface area (Å²) in [5.41, 5.74) is 0.856. The summed E-state index contributed by atoms with van der Waals surface area (Å²) in [6, 6.07) is 5.82. The maximum absolute atomic E-state index is 12.1. The Morgan fingerprint density at radius 1 is 1.27 bits per heavy atom. The summed E-state index contributed by atoms with van der Waals surface area (Å²) in [4.78, 5) is -0.136. The first kappa shape index (κ1) is 17.3. The van der Waals surface area contributed by atoms with E-state index in [1.54, 1.807) is 19.1 Å². The third-order valence-corrected chi connectivity index (χ3v) is 4.69. The minimum absolute atomic E-state index is 0.136. The highest BCUT2D eigenvalue weighted by atomic mass is 32.2. The van der Waals surface area contributed by atoms with Gasteiger partial charge in [-0.2, -0.15) is 8.42 Å². The van der Waals surface area contributed by atoms with Gasteiger partial charge in [0.2, 0.25) is 0 Å². The largest absolute Gasteiger partial charge is 0.394 e. The van der Waals surface area contributed by atoms with Crippen LogP contribution in [0.1, 0.15) is 5.56 Å². The summed E-state index contributed by atoms with van der Waals surface area (Å²) in [6.45, 7) is 1.07. The molecule has 0 spiro atoms. The summed E-state index contributed by atoms with van der Waals surface area (Å²) in [5.74, 6) is 0. The second-order valence-corrected chi connectivity index (χ2v) is 6.63. The second kappa shape index (κ2) is 6.59. The van der Waals surface area contributed by atoms with Crippen molar-refractivity contribution < 1.29 is 37.8 Å². The average molecular weight is 334 g/mol. The smallest absolute Gasteiger partial charge is 0.297 e. The Morgan fingerprint density at radius 3 is 2.41 bits per heavy atom. The van der Waals surface area contributed by atoms with Crippen LogP contribution >= 0.6 is 0 Å². The lowest BCUT2D eigenvalue weighted by Gasteiger charge is -2.20. The monoisotopic (exact) mass is 334 g/mol. The Hall–Kier alpha value is -1.07. The number of hydrogen-bond donors (Lipinski definition) is 4. The summed E-state index contributed by atoms with van der Waals surface area (Å²) in [6.07, 6.45) is -7.78. The molecule has 0 saturated carbocycles. The van der Waals surface area contributed by atoms with Crippen molar-refractivity contribution in [1.82, 2.24) is 0 Å². The molecule has 0 unspecified atom stereocenters. The highest BCUT2D eigenvalue weighted by Gasteiger charge is 2.48. The number of hydrogen-bond acceptors (Lipinski definition) is 8. The molecule has 22 heavy (non-hydrogen) atoms. The first-order valence-electron chi connectivity index (χ1n) is 6.57. The molecule has 0 aromatic heterocycles. The van der Waals surface area contributed by atoms with E-state index in [4.69, 9.17) is 14.0 Å². The van der Waals surface area contributed by atoms with E-state index >= 15 is 0 Å². The number of aliphatic hydroxyl groups is 4. The zero-order valence-corrected chi connectivity index (χ0v) is 12.5. The highest BCUT2D eigenvalue weighted by molar-refractivity contribution is 7.86. The molecule has 124 valence electrons. The Morgan fingerprint density at radius 2 is 1.86 bits per heavy atom. The van der Waals surface area contributed by atoms with Crippen molar-refractivity contribution in [3.63, 3.8) is 0 Å². The second-order valence-electron chi connectivity index (χ2n) is 5.06. The summed E-state index contributed by atoms with van der Waals surface area (Å²) >= 11 is 0. The van der Waals surface area contributed by atoms with Crippen LogP contribution in [0.4, 0.5) is 0 Å². The van der Waals surface area contributed by atoms with Gasteiger partial charge in [0.1, 0.15) is 18.3 Å². The Kier molecular flexibility index (Phi) is 5.17. The van der Waals surface area contributed by atoms with Crippen LogP contribution < -0.4 is 0 Å². The van der Waals surface area contributed by atoms with E-state index in [1.165, 1.54) is 12.1 Å². The van der Waals surface area contributed by atoms with Gasteiger partial charge in [0.25, 0.3) is 10.1 Å². The maximum atomic E-state index is 12.1. The summed E-state index contributed by atoms with van der Waals surface area (Å²) in [7, 11) is -4.23. The quantitative estimate of drug-likeness (QED) is 0.478. The highest BCUT2D eigenvalue weighted by Crippen LogP contribution is 2.28. The van der Waals surface area contributed by atoms with Crippen LogP contribution in [0.25, 0.3) is 0 Å². The predicted molar refractivity (Wildman–Crippen MR) is 73.2 cm³/mol. The number of rotatable bonds is 5. The summed E-state index contributed by atoms with van der Waals surface area (Å²) in [5, 5.41) is 37.9. The fourth-order valence-electron chi connectivity index (χ4n) is 2.11. The van der Waals surface area contributed by atoms with Crippen molar-refractivity contribution in [1.29, 1.82) is 0 Å². The van der Waals surface area contributed by atoms with Crippen LogP contribution in [0.15, 0.2) is 29.2 Å². The lowest BCUT2D eigenvalue weighted by atomic mass is 10.1. The van der Waals surface area contributed by atoms with Gasteiger partial charge in [-0.15, -0.1) is 0 Å². The standard InChI is InChI=1S/C13H18O8S/c1-7-2-4-8(5-3-7)22(18,19)21-12-10(16)11(9(15)6-14)20-13(12)17/h2-5,9-17H,6H2,1H3/t9-,10+,11-,12-,13-/m1/s1.